The Morgan fingerprint density at radius 1 is 1.09 bits per heavy atom. The maximum atomic E-state index is 12.2. The van der Waals surface area contributed by atoms with Crippen LogP contribution >= 0.6 is 0 Å². The van der Waals surface area contributed by atoms with Crippen LogP contribution in [0.5, 0.6) is 0 Å². The maximum absolute atomic E-state index is 12.2. The van der Waals surface area contributed by atoms with Gasteiger partial charge < -0.3 is 10.6 Å². The SMILES string of the molecule is CC(C)CCCC(C)NC(=O)c1ccc(NC(=O)C2CC2)cc1. The molecule has 0 aromatic heterocycles. The lowest BCUT2D eigenvalue weighted by Gasteiger charge is -2.15. The molecule has 1 fully saturated rings. The van der Waals surface area contributed by atoms with Crippen molar-refractivity contribution < 1.29 is 9.59 Å². The lowest BCUT2D eigenvalue weighted by Crippen LogP contribution is -2.32. The lowest BCUT2D eigenvalue weighted by atomic mass is 10.0. The van der Waals surface area contributed by atoms with Gasteiger partial charge in [-0.25, -0.2) is 0 Å². The van der Waals surface area contributed by atoms with Gasteiger partial charge in [-0.2, -0.15) is 0 Å². The van der Waals surface area contributed by atoms with E-state index in [4.69, 9.17) is 0 Å². The molecule has 1 aromatic rings. The van der Waals surface area contributed by atoms with Crippen molar-refractivity contribution in [1.82, 2.24) is 5.32 Å². The van der Waals surface area contributed by atoms with Crippen molar-refractivity contribution in [2.45, 2.75) is 58.9 Å². The Bertz CT molecular complexity index is 533. The summed E-state index contributed by atoms with van der Waals surface area (Å²) in [6.45, 7) is 6.47. The molecule has 0 aliphatic heterocycles. The summed E-state index contributed by atoms with van der Waals surface area (Å²) in [6.07, 6.45) is 5.29. The Hall–Kier alpha value is -1.84. The van der Waals surface area contributed by atoms with Crippen molar-refractivity contribution in [3.8, 4) is 0 Å². The Morgan fingerprint density at radius 3 is 2.30 bits per heavy atom. The van der Waals surface area contributed by atoms with Crippen molar-refractivity contribution in [2.24, 2.45) is 11.8 Å². The second kappa shape index (κ2) is 8.14. The van der Waals surface area contributed by atoms with Gasteiger partial charge in [-0.1, -0.05) is 26.7 Å². The van der Waals surface area contributed by atoms with E-state index in [1.165, 1.54) is 6.42 Å². The minimum absolute atomic E-state index is 0.0536. The van der Waals surface area contributed by atoms with Crippen LogP contribution in [0.15, 0.2) is 24.3 Å². The van der Waals surface area contributed by atoms with Crippen molar-refractivity contribution in [3.63, 3.8) is 0 Å². The molecule has 1 unspecified atom stereocenters. The molecule has 1 aliphatic rings. The third-order valence-corrected chi connectivity index (χ3v) is 4.16. The number of hydrogen-bond acceptors (Lipinski definition) is 2. The van der Waals surface area contributed by atoms with Gasteiger partial charge in [0.15, 0.2) is 0 Å². The van der Waals surface area contributed by atoms with Crippen LogP contribution in [0.3, 0.4) is 0 Å². The predicted octanol–water partition coefficient (Wildman–Crippen LogP) is 3.98. The Kier molecular flexibility index (Phi) is 6.20. The number of rotatable bonds is 8. The normalized spacial score (nSPS) is 15.3. The maximum Gasteiger partial charge on any atom is 0.251 e. The molecule has 1 atom stereocenters. The highest BCUT2D eigenvalue weighted by molar-refractivity contribution is 5.96. The van der Waals surface area contributed by atoms with Gasteiger partial charge in [0, 0.05) is 23.2 Å². The van der Waals surface area contributed by atoms with Gasteiger partial charge in [-0.05, 0) is 56.4 Å². The molecule has 4 nitrogen and oxygen atoms in total. The number of nitrogens with one attached hydrogen (secondary N) is 2. The zero-order valence-electron chi connectivity index (χ0n) is 14.4. The summed E-state index contributed by atoms with van der Waals surface area (Å²) < 4.78 is 0. The van der Waals surface area contributed by atoms with Gasteiger partial charge in [0.05, 0.1) is 0 Å². The second-order valence-corrected chi connectivity index (χ2v) is 7.04. The smallest absolute Gasteiger partial charge is 0.251 e. The molecule has 2 rings (SSSR count). The summed E-state index contributed by atoms with van der Waals surface area (Å²) in [6, 6.07) is 7.28. The Labute approximate surface area is 139 Å². The Morgan fingerprint density at radius 2 is 1.74 bits per heavy atom. The summed E-state index contributed by atoms with van der Waals surface area (Å²) >= 11 is 0. The molecular formula is C19H28N2O2. The molecule has 0 bridgehead atoms. The summed E-state index contributed by atoms with van der Waals surface area (Å²) in [5.74, 6) is 0.920. The minimum atomic E-state index is -0.0536. The molecule has 1 saturated carbocycles. The van der Waals surface area contributed by atoms with E-state index in [-0.39, 0.29) is 23.8 Å². The molecule has 0 heterocycles. The van der Waals surface area contributed by atoms with Gasteiger partial charge in [0.2, 0.25) is 5.91 Å². The first-order valence-corrected chi connectivity index (χ1v) is 8.67. The van der Waals surface area contributed by atoms with Gasteiger partial charge >= 0.3 is 0 Å². The predicted molar refractivity (Wildman–Crippen MR) is 93.4 cm³/mol. The van der Waals surface area contributed by atoms with Crippen molar-refractivity contribution in [3.05, 3.63) is 29.8 Å². The highest BCUT2D eigenvalue weighted by Gasteiger charge is 2.29. The average molecular weight is 316 g/mol. The monoisotopic (exact) mass is 316 g/mol. The van der Waals surface area contributed by atoms with Crippen LogP contribution in [-0.2, 0) is 4.79 Å². The molecule has 2 amide bonds. The topological polar surface area (TPSA) is 58.2 Å². The largest absolute Gasteiger partial charge is 0.350 e. The lowest BCUT2D eigenvalue weighted by molar-refractivity contribution is -0.117. The van der Waals surface area contributed by atoms with Gasteiger partial charge in [-0.15, -0.1) is 0 Å². The number of benzene rings is 1. The first kappa shape index (κ1) is 17.5. The summed E-state index contributed by atoms with van der Waals surface area (Å²) in [4.78, 5) is 23.9. The van der Waals surface area contributed by atoms with Crippen LogP contribution in [-0.4, -0.2) is 17.9 Å². The molecule has 23 heavy (non-hydrogen) atoms. The molecule has 1 aromatic carbocycles. The van der Waals surface area contributed by atoms with E-state index in [1.54, 1.807) is 24.3 Å². The third-order valence-electron chi connectivity index (χ3n) is 4.16. The first-order chi connectivity index (χ1) is 11.0. The first-order valence-electron chi connectivity index (χ1n) is 8.67. The highest BCUT2D eigenvalue weighted by Crippen LogP contribution is 2.30. The van der Waals surface area contributed by atoms with Gasteiger partial charge in [-0.3, -0.25) is 9.59 Å². The van der Waals surface area contributed by atoms with Crippen molar-refractivity contribution in [2.75, 3.05) is 5.32 Å². The molecule has 4 heteroatoms. The van der Waals surface area contributed by atoms with Crippen LogP contribution in [0.2, 0.25) is 0 Å². The summed E-state index contributed by atoms with van der Waals surface area (Å²) in [5, 5.41) is 5.91. The number of carbonyl (C=O) groups is 2. The van der Waals surface area contributed by atoms with E-state index < -0.39 is 0 Å². The molecule has 0 radical (unpaired) electrons. The summed E-state index contributed by atoms with van der Waals surface area (Å²) in [7, 11) is 0. The van der Waals surface area contributed by atoms with Crippen LogP contribution in [0.4, 0.5) is 5.69 Å². The number of carbonyl (C=O) groups excluding carboxylic acids is 2. The van der Waals surface area contributed by atoms with E-state index >= 15 is 0 Å². The van der Waals surface area contributed by atoms with Crippen LogP contribution < -0.4 is 10.6 Å². The van der Waals surface area contributed by atoms with Gasteiger partial charge in [0.25, 0.3) is 5.91 Å². The van der Waals surface area contributed by atoms with Crippen LogP contribution in [0.25, 0.3) is 0 Å². The minimum Gasteiger partial charge on any atom is -0.350 e. The van der Waals surface area contributed by atoms with Crippen LogP contribution in [0, 0.1) is 11.8 Å². The number of hydrogen-bond donors (Lipinski definition) is 2. The Balaban J connectivity index is 1.78. The highest BCUT2D eigenvalue weighted by atomic mass is 16.2. The molecular weight excluding hydrogens is 288 g/mol. The molecule has 0 spiro atoms. The van der Waals surface area contributed by atoms with Gasteiger partial charge in [0.1, 0.15) is 0 Å². The molecule has 2 N–H and O–H groups in total. The molecule has 0 saturated heterocycles. The third kappa shape index (κ3) is 6.05. The molecule has 126 valence electrons. The quantitative estimate of drug-likeness (QED) is 0.762. The van der Waals surface area contributed by atoms with E-state index in [1.807, 2.05) is 6.92 Å². The second-order valence-electron chi connectivity index (χ2n) is 7.04. The fourth-order valence-electron chi connectivity index (χ4n) is 2.51. The standard InChI is InChI=1S/C19H28N2O2/c1-13(2)5-4-6-14(3)20-18(22)16-9-11-17(12-10-16)21-19(23)15-7-8-15/h9-15H,4-8H2,1-3H3,(H,20,22)(H,21,23). The fraction of sp³-hybridized carbons (Fsp3) is 0.579. The zero-order valence-corrected chi connectivity index (χ0v) is 14.4. The van der Waals surface area contributed by atoms with E-state index in [9.17, 15) is 9.59 Å². The van der Waals surface area contributed by atoms with Crippen LogP contribution in [0.1, 0.15) is 63.2 Å². The average Bonchev–Trinajstić information content (AvgIpc) is 3.32. The zero-order chi connectivity index (χ0) is 16.8. The van der Waals surface area contributed by atoms with Crippen molar-refractivity contribution in [1.29, 1.82) is 0 Å². The molecule has 1 aliphatic carbocycles. The van der Waals surface area contributed by atoms with E-state index in [0.29, 0.717) is 11.5 Å². The number of anilines is 1. The number of amides is 2. The summed E-state index contributed by atoms with van der Waals surface area (Å²) in [5.41, 5.74) is 1.38. The van der Waals surface area contributed by atoms with Crippen molar-refractivity contribution >= 4 is 17.5 Å². The van der Waals surface area contributed by atoms with E-state index in [0.717, 1.165) is 31.4 Å². The fourth-order valence-corrected chi connectivity index (χ4v) is 2.51. The van der Waals surface area contributed by atoms with E-state index in [2.05, 4.69) is 24.5 Å².